The Morgan fingerprint density at radius 3 is 2.63 bits per heavy atom. The first-order chi connectivity index (χ1) is 13.2. The molecule has 2 saturated carbocycles. The van der Waals surface area contributed by atoms with Gasteiger partial charge in [0.05, 0.1) is 0 Å². The molecule has 1 aromatic rings. The van der Waals surface area contributed by atoms with Crippen LogP contribution in [0.3, 0.4) is 0 Å². The van der Waals surface area contributed by atoms with Crippen LogP contribution >= 0.6 is 0 Å². The Bertz CT molecular complexity index is 657. The quantitative estimate of drug-likeness (QED) is 0.835. The molecule has 2 N–H and O–H groups in total. The van der Waals surface area contributed by atoms with Crippen LogP contribution in [0.2, 0.25) is 0 Å². The molecule has 2 aliphatic carbocycles. The van der Waals surface area contributed by atoms with E-state index in [2.05, 4.69) is 15.6 Å². The number of urea groups is 1. The molecule has 0 aromatic carbocycles. The van der Waals surface area contributed by atoms with Crippen molar-refractivity contribution in [1.29, 1.82) is 0 Å². The summed E-state index contributed by atoms with van der Waals surface area (Å²) in [6.45, 7) is 2.06. The van der Waals surface area contributed by atoms with Crippen molar-refractivity contribution in [3.05, 3.63) is 24.4 Å². The number of nitrogens with one attached hydrogen (secondary N) is 2. The number of pyridine rings is 1. The van der Waals surface area contributed by atoms with Crippen LogP contribution in [-0.4, -0.2) is 41.5 Å². The minimum atomic E-state index is -0.0508. The summed E-state index contributed by atoms with van der Waals surface area (Å²) in [6, 6.07) is 5.49. The Labute approximate surface area is 161 Å². The standard InChI is InChI=1S/C21H30N4O2/c26-20(24-19-3-1-2-9-22-19)16-7-11-25(12-8-16)21(27)23-10-6-18-14-15-4-5-17(18)13-15/h1-3,9,15-18H,4-8,10-14H2,(H,23,27)(H,22,24,26). The van der Waals surface area contributed by atoms with E-state index in [4.69, 9.17) is 0 Å². The summed E-state index contributed by atoms with van der Waals surface area (Å²) in [5.41, 5.74) is 0. The van der Waals surface area contributed by atoms with Crippen molar-refractivity contribution >= 4 is 17.8 Å². The van der Waals surface area contributed by atoms with Crippen molar-refractivity contribution < 1.29 is 9.59 Å². The lowest BCUT2D eigenvalue weighted by Crippen LogP contribution is -2.46. The molecule has 3 atom stereocenters. The highest BCUT2D eigenvalue weighted by Gasteiger charge is 2.39. The highest BCUT2D eigenvalue weighted by molar-refractivity contribution is 5.91. The van der Waals surface area contributed by atoms with Crippen LogP contribution in [0.5, 0.6) is 0 Å². The van der Waals surface area contributed by atoms with Crippen molar-refractivity contribution in [3.63, 3.8) is 0 Å². The number of hydrogen-bond acceptors (Lipinski definition) is 3. The first kappa shape index (κ1) is 18.3. The van der Waals surface area contributed by atoms with Crippen LogP contribution in [0.1, 0.15) is 44.9 Å². The fourth-order valence-corrected chi connectivity index (χ4v) is 5.22. The van der Waals surface area contributed by atoms with Crippen molar-refractivity contribution in [2.45, 2.75) is 44.9 Å². The first-order valence-electron chi connectivity index (χ1n) is 10.4. The van der Waals surface area contributed by atoms with Crippen LogP contribution in [0.4, 0.5) is 10.6 Å². The van der Waals surface area contributed by atoms with Gasteiger partial charge in [0, 0.05) is 31.7 Å². The summed E-state index contributed by atoms with van der Waals surface area (Å²) in [5.74, 6) is 3.25. The zero-order valence-electron chi connectivity index (χ0n) is 15.9. The van der Waals surface area contributed by atoms with E-state index >= 15 is 0 Å². The van der Waals surface area contributed by atoms with Gasteiger partial charge in [-0.2, -0.15) is 0 Å². The van der Waals surface area contributed by atoms with Crippen LogP contribution in [0.15, 0.2) is 24.4 Å². The molecular weight excluding hydrogens is 340 g/mol. The van der Waals surface area contributed by atoms with Crippen LogP contribution in [-0.2, 0) is 4.79 Å². The van der Waals surface area contributed by atoms with Crippen LogP contribution in [0.25, 0.3) is 0 Å². The number of carbonyl (C=O) groups is 2. The molecule has 146 valence electrons. The maximum Gasteiger partial charge on any atom is 0.317 e. The van der Waals surface area contributed by atoms with E-state index in [0.717, 1.165) is 30.7 Å². The predicted octanol–water partition coefficient (Wildman–Crippen LogP) is 3.27. The zero-order chi connectivity index (χ0) is 18.6. The normalized spacial score (nSPS) is 27.6. The van der Waals surface area contributed by atoms with Crippen LogP contribution < -0.4 is 10.6 Å². The molecule has 1 saturated heterocycles. The molecule has 4 rings (SSSR count). The van der Waals surface area contributed by atoms with Crippen molar-refractivity contribution in [2.75, 3.05) is 25.0 Å². The SMILES string of the molecule is O=C(Nc1ccccn1)C1CCN(C(=O)NCCC2CC3CCC2C3)CC1. The van der Waals surface area contributed by atoms with E-state index in [0.29, 0.717) is 31.7 Å². The van der Waals surface area contributed by atoms with Crippen molar-refractivity contribution in [2.24, 2.45) is 23.7 Å². The fourth-order valence-electron chi connectivity index (χ4n) is 5.22. The molecule has 6 heteroatoms. The zero-order valence-corrected chi connectivity index (χ0v) is 15.9. The molecule has 3 amide bonds. The number of fused-ring (bicyclic) bond motifs is 2. The average Bonchev–Trinajstić information content (AvgIpc) is 3.32. The Balaban J connectivity index is 1.15. The maximum absolute atomic E-state index is 12.4. The molecule has 2 heterocycles. The first-order valence-corrected chi connectivity index (χ1v) is 10.4. The highest BCUT2D eigenvalue weighted by Crippen LogP contribution is 2.49. The third-order valence-electron chi connectivity index (χ3n) is 6.75. The Morgan fingerprint density at radius 2 is 1.96 bits per heavy atom. The fraction of sp³-hybridized carbons (Fsp3) is 0.667. The second kappa shape index (κ2) is 8.28. The number of amides is 3. The summed E-state index contributed by atoms with van der Waals surface area (Å²) in [6.07, 6.45) is 9.82. The third-order valence-corrected chi connectivity index (χ3v) is 6.75. The maximum atomic E-state index is 12.4. The minimum absolute atomic E-state index is 0.00467. The van der Waals surface area contributed by atoms with E-state index < -0.39 is 0 Å². The molecule has 6 nitrogen and oxygen atoms in total. The van der Waals surface area contributed by atoms with Gasteiger partial charge in [-0.15, -0.1) is 0 Å². The van der Waals surface area contributed by atoms with Crippen molar-refractivity contribution in [1.82, 2.24) is 15.2 Å². The number of carbonyl (C=O) groups excluding carboxylic acids is 2. The Hall–Kier alpha value is -2.11. The lowest BCUT2D eigenvalue weighted by atomic mass is 9.86. The summed E-state index contributed by atoms with van der Waals surface area (Å²) >= 11 is 0. The lowest BCUT2D eigenvalue weighted by molar-refractivity contribution is -0.121. The van der Waals surface area contributed by atoms with E-state index in [-0.39, 0.29) is 17.9 Å². The largest absolute Gasteiger partial charge is 0.338 e. The van der Waals surface area contributed by atoms with Gasteiger partial charge in [0.1, 0.15) is 5.82 Å². The number of aromatic nitrogens is 1. The summed E-state index contributed by atoms with van der Waals surface area (Å²) < 4.78 is 0. The van der Waals surface area contributed by atoms with E-state index in [9.17, 15) is 9.59 Å². The molecule has 0 spiro atoms. The summed E-state index contributed by atoms with van der Waals surface area (Å²) in [5, 5.41) is 5.96. The number of rotatable bonds is 5. The molecule has 3 fully saturated rings. The second-order valence-electron chi connectivity index (χ2n) is 8.42. The Kier molecular flexibility index (Phi) is 5.60. The van der Waals surface area contributed by atoms with Gasteiger partial charge in [-0.25, -0.2) is 9.78 Å². The van der Waals surface area contributed by atoms with Crippen LogP contribution in [0, 0.1) is 23.7 Å². The number of nitrogens with zero attached hydrogens (tertiary/aromatic N) is 2. The molecule has 1 aromatic heterocycles. The molecular formula is C21H30N4O2. The molecule has 2 bridgehead atoms. The van der Waals surface area contributed by atoms with Gasteiger partial charge >= 0.3 is 6.03 Å². The van der Waals surface area contributed by atoms with Crippen molar-refractivity contribution in [3.8, 4) is 0 Å². The minimum Gasteiger partial charge on any atom is -0.338 e. The van der Waals surface area contributed by atoms with Gasteiger partial charge < -0.3 is 15.5 Å². The summed E-state index contributed by atoms with van der Waals surface area (Å²) in [4.78, 5) is 30.7. The molecule has 3 aliphatic rings. The number of likely N-dealkylation sites (tertiary alicyclic amines) is 1. The Morgan fingerprint density at radius 1 is 1.11 bits per heavy atom. The number of anilines is 1. The third kappa shape index (κ3) is 4.42. The topological polar surface area (TPSA) is 74.3 Å². The molecule has 3 unspecified atom stereocenters. The van der Waals surface area contributed by atoms with Gasteiger partial charge in [-0.1, -0.05) is 12.5 Å². The average molecular weight is 370 g/mol. The van der Waals surface area contributed by atoms with Gasteiger partial charge in [-0.05, 0) is 68.4 Å². The number of piperidine rings is 1. The molecule has 27 heavy (non-hydrogen) atoms. The monoisotopic (exact) mass is 370 g/mol. The van der Waals surface area contributed by atoms with Gasteiger partial charge in [0.2, 0.25) is 5.91 Å². The lowest BCUT2D eigenvalue weighted by Gasteiger charge is -2.31. The van der Waals surface area contributed by atoms with E-state index in [1.165, 1.54) is 25.7 Å². The van der Waals surface area contributed by atoms with Gasteiger partial charge in [-0.3, -0.25) is 4.79 Å². The smallest absolute Gasteiger partial charge is 0.317 e. The highest BCUT2D eigenvalue weighted by atomic mass is 16.2. The predicted molar refractivity (Wildman–Crippen MR) is 104 cm³/mol. The van der Waals surface area contributed by atoms with Gasteiger partial charge in [0.15, 0.2) is 0 Å². The van der Waals surface area contributed by atoms with Gasteiger partial charge in [0.25, 0.3) is 0 Å². The molecule has 1 aliphatic heterocycles. The summed E-state index contributed by atoms with van der Waals surface area (Å²) in [7, 11) is 0. The van der Waals surface area contributed by atoms with E-state index in [1.807, 2.05) is 17.0 Å². The second-order valence-corrected chi connectivity index (χ2v) is 8.42. The number of hydrogen-bond donors (Lipinski definition) is 2. The van der Waals surface area contributed by atoms with E-state index in [1.54, 1.807) is 12.3 Å². The molecule has 0 radical (unpaired) electrons.